The number of hydrogen-bond acceptors (Lipinski definition) is 4. The molecule has 0 aliphatic heterocycles. The molecule has 1 aromatic carbocycles. The molecule has 3 rings (SSSR count). The van der Waals surface area contributed by atoms with Crippen molar-refractivity contribution in [2.24, 2.45) is 5.73 Å². The highest BCUT2D eigenvalue weighted by atomic mass is 79.9. The van der Waals surface area contributed by atoms with Gasteiger partial charge in [-0.2, -0.15) is 4.98 Å². The van der Waals surface area contributed by atoms with Crippen LogP contribution < -0.4 is 5.73 Å². The third-order valence-corrected chi connectivity index (χ3v) is 4.42. The first-order valence-electron chi connectivity index (χ1n) is 6.73. The van der Waals surface area contributed by atoms with Crippen molar-refractivity contribution in [3.05, 3.63) is 46.0 Å². The Morgan fingerprint density at radius 1 is 1.19 bits per heavy atom. The fourth-order valence-corrected chi connectivity index (χ4v) is 2.92. The molecule has 0 atom stereocenters. The van der Waals surface area contributed by atoms with E-state index >= 15 is 0 Å². The molecule has 21 heavy (non-hydrogen) atoms. The van der Waals surface area contributed by atoms with Crippen LogP contribution in [0.4, 0.5) is 0 Å². The molecule has 0 unspecified atom stereocenters. The molecule has 2 N–H and O–H groups in total. The zero-order chi connectivity index (χ0) is 14.0. The molecule has 1 saturated carbocycles. The molecule has 0 bridgehead atoms. The third-order valence-electron chi connectivity index (χ3n) is 3.69. The summed E-state index contributed by atoms with van der Waals surface area (Å²) in [6.07, 6.45) is 7.88. The van der Waals surface area contributed by atoms with Crippen molar-refractivity contribution in [1.82, 2.24) is 10.1 Å². The van der Waals surface area contributed by atoms with Crippen molar-refractivity contribution < 1.29 is 4.52 Å². The SMILES string of the molecule is Cl.NC1(c2noc(/C=C/c3ccccc3Br)n2)CCCC1. The van der Waals surface area contributed by atoms with Crippen LogP contribution in [0.2, 0.25) is 0 Å². The predicted octanol–water partition coefficient (Wildman–Crippen LogP) is 4.15. The molecule has 0 amide bonds. The Morgan fingerprint density at radius 3 is 2.62 bits per heavy atom. The molecular formula is C15H17BrClN3O. The number of benzene rings is 1. The molecule has 0 radical (unpaired) electrons. The van der Waals surface area contributed by atoms with E-state index in [1.165, 1.54) is 0 Å². The van der Waals surface area contributed by atoms with E-state index in [9.17, 15) is 0 Å². The fraction of sp³-hybridized carbons (Fsp3) is 0.333. The molecule has 1 aromatic heterocycles. The first-order valence-corrected chi connectivity index (χ1v) is 7.52. The van der Waals surface area contributed by atoms with Gasteiger partial charge >= 0.3 is 0 Å². The van der Waals surface area contributed by atoms with Crippen LogP contribution in [0.15, 0.2) is 33.3 Å². The summed E-state index contributed by atoms with van der Waals surface area (Å²) in [7, 11) is 0. The number of aromatic nitrogens is 2. The summed E-state index contributed by atoms with van der Waals surface area (Å²) in [5.41, 5.74) is 6.97. The third kappa shape index (κ3) is 3.54. The summed E-state index contributed by atoms with van der Waals surface area (Å²) < 4.78 is 6.29. The highest BCUT2D eigenvalue weighted by molar-refractivity contribution is 9.10. The summed E-state index contributed by atoms with van der Waals surface area (Å²) in [5, 5.41) is 4.03. The largest absolute Gasteiger partial charge is 0.335 e. The second kappa shape index (κ2) is 6.73. The van der Waals surface area contributed by atoms with Gasteiger partial charge in [0.15, 0.2) is 5.82 Å². The van der Waals surface area contributed by atoms with Crippen LogP contribution in [0.1, 0.15) is 43.0 Å². The van der Waals surface area contributed by atoms with Gasteiger partial charge in [0.25, 0.3) is 5.89 Å². The Balaban J connectivity index is 0.00000161. The highest BCUT2D eigenvalue weighted by Gasteiger charge is 2.35. The van der Waals surface area contributed by atoms with Gasteiger partial charge in [0.2, 0.25) is 0 Å². The van der Waals surface area contributed by atoms with Gasteiger partial charge < -0.3 is 10.3 Å². The summed E-state index contributed by atoms with van der Waals surface area (Å²) in [4.78, 5) is 4.40. The summed E-state index contributed by atoms with van der Waals surface area (Å²) in [6.45, 7) is 0. The number of nitrogens with two attached hydrogens (primary N) is 1. The van der Waals surface area contributed by atoms with Gasteiger partial charge in [-0.1, -0.05) is 52.1 Å². The lowest BCUT2D eigenvalue weighted by atomic mass is 9.99. The predicted molar refractivity (Wildman–Crippen MR) is 88.9 cm³/mol. The zero-order valence-corrected chi connectivity index (χ0v) is 13.9. The van der Waals surface area contributed by atoms with E-state index in [-0.39, 0.29) is 12.4 Å². The first-order chi connectivity index (χ1) is 9.67. The van der Waals surface area contributed by atoms with Crippen LogP contribution in [0.3, 0.4) is 0 Å². The van der Waals surface area contributed by atoms with Crippen LogP contribution in [0.5, 0.6) is 0 Å². The van der Waals surface area contributed by atoms with Crippen LogP contribution >= 0.6 is 28.3 Å². The van der Waals surface area contributed by atoms with Gasteiger partial charge in [-0.15, -0.1) is 12.4 Å². The quantitative estimate of drug-likeness (QED) is 0.881. The van der Waals surface area contributed by atoms with Gasteiger partial charge in [0, 0.05) is 10.5 Å². The molecular weight excluding hydrogens is 354 g/mol. The maximum atomic E-state index is 6.31. The lowest BCUT2D eigenvalue weighted by Crippen LogP contribution is -2.34. The number of nitrogens with zero attached hydrogens (tertiary/aromatic N) is 2. The minimum atomic E-state index is -0.400. The van der Waals surface area contributed by atoms with Crippen molar-refractivity contribution in [2.45, 2.75) is 31.2 Å². The standard InChI is InChI=1S/C15H16BrN3O.ClH/c16-12-6-2-1-5-11(12)7-8-13-18-14(19-20-13)15(17)9-3-4-10-15;/h1-2,5-8H,3-4,9-10,17H2;1H/b8-7+;. The van der Waals surface area contributed by atoms with Crippen molar-refractivity contribution in [3.63, 3.8) is 0 Å². The molecule has 4 nitrogen and oxygen atoms in total. The fourth-order valence-electron chi connectivity index (χ4n) is 2.51. The molecule has 0 spiro atoms. The molecule has 1 aliphatic carbocycles. The van der Waals surface area contributed by atoms with Crippen molar-refractivity contribution in [1.29, 1.82) is 0 Å². The molecule has 112 valence electrons. The summed E-state index contributed by atoms with van der Waals surface area (Å²) in [5.74, 6) is 1.12. The minimum absolute atomic E-state index is 0. The van der Waals surface area contributed by atoms with E-state index in [1.807, 2.05) is 36.4 Å². The average Bonchev–Trinajstić information content (AvgIpc) is 3.08. The van der Waals surface area contributed by atoms with E-state index in [1.54, 1.807) is 0 Å². The maximum absolute atomic E-state index is 6.31. The molecule has 6 heteroatoms. The van der Waals surface area contributed by atoms with Gasteiger partial charge in [-0.25, -0.2) is 0 Å². The lowest BCUT2D eigenvalue weighted by Gasteiger charge is -2.17. The molecule has 1 aliphatic rings. The Bertz CT molecular complexity index is 635. The molecule has 0 saturated heterocycles. The minimum Gasteiger partial charge on any atom is -0.335 e. The summed E-state index contributed by atoms with van der Waals surface area (Å²) in [6, 6.07) is 7.97. The Kier molecular flexibility index (Phi) is 5.19. The van der Waals surface area contributed by atoms with E-state index in [4.69, 9.17) is 10.3 Å². The van der Waals surface area contributed by atoms with Crippen molar-refractivity contribution >= 4 is 40.5 Å². The Morgan fingerprint density at radius 2 is 1.90 bits per heavy atom. The smallest absolute Gasteiger partial charge is 0.250 e. The molecule has 1 heterocycles. The van der Waals surface area contributed by atoms with Gasteiger partial charge in [-0.05, 0) is 30.5 Å². The second-order valence-electron chi connectivity index (χ2n) is 5.17. The Labute approximate surface area is 138 Å². The topological polar surface area (TPSA) is 64.9 Å². The molecule has 2 aromatic rings. The lowest BCUT2D eigenvalue weighted by molar-refractivity contribution is 0.364. The monoisotopic (exact) mass is 369 g/mol. The first kappa shape index (κ1) is 16.2. The van der Waals surface area contributed by atoms with Crippen LogP contribution in [-0.2, 0) is 5.54 Å². The van der Waals surface area contributed by atoms with Crippen LogP contribution in [0.25, 0.3) is 12.2 Å². The van der Waals surface area contributed by atoms with Crippen LogP contribution in [-0.4, -0.2) is 10.1 Å². The Hall–Kier alpha value is -1.17. The van der Waals surface area contributed by atoms with Gasteiger partial charge in [0.1, 0.15) is 0 Å². The van der Waals surface area contributed by atoms with Crippen LogP contribution in [0, 0.1) is 0 Å². The summed E-state index contributed by atoms with van der Waals surface area (Å²) >= 11 is 3.50. The van der Waals surface area contributed by atoms with E-state index < -0.39 is 5.54 Å². The number of halogens is 2. The zero-order valence-electron chi connectivity index (χ0n) is 11.5. The number of hydrogen-bond donors (Lipinski definition) is 1. The van der Waals surface area contributed by atoms with E-state index in [2.05, 4.69) is 26.1 Å². The van der Waals surface area contributed by atoms with Crippen molar-refractivity contribution in [2.75, 3.05) is 0 Å². The van der Waals surface area contributed by atoms with Crippen molar-refractivity contribution in [3.8, 4) is 0 Å². The van der Waals surface area contributed by atoms with Gasteiger partial charge in [-0.3, -0.25) is 0 Å². The highest BCUT2D eigenvalue weighted by Crippen LogP contribution is 2.34. The van der Waals surface area contributed by atoms with E-state index in [0.717, 1.165) is 35.7 Å². The second-order valence-corrected chi connectivity index (χ2v) is 6.03. The molecule has 1 fully saturated rings. The average molecular weight is 371 g/mol. The number of rotatable bonds is 3. The van der Waals surface area contributed by atoms with Gasteiger partial charge in [0.05, 0.1) is 5.54 Å². The maximum Gasteiger partial charge on any atom is 0.250 e. The van der Waals surface area contributed by atoms with E-state index in [0.29, 0.717) is 11.7 Å². The normalized spacial score (nSPS) is 17.0.